The van der Waals surface area contributed by atoms with Gasteiger partial charge in [0.1, 0.15) is 0 Å². The van der Waals surface area contributed by atoms with E-state index in [1.54, 1.807) is 19.9 Å². The Hall–Kier alpha value is -1.84. The van der Waals surface area contributed by atoms with Gasteiger partial charge in [-0.3, -0.25) is 9.59 Å². The van der Waals surface area contributed by atoms with E-state index in [0.717, 1.165) is 30.2 Å². The molecule has 0 heterocycles. The van der Waals surface area contributed by atoms with E-state index in [1.165, 1.54) is 38.5 Å². The fourth-order valence-corrected chi connectivity index (χ4v) is 3.41. The van der Waals surface area contributed by atoms with Gasteiger partial charge in [-0.05, 0) is 36.3 Å². The summed E-state index contributed by atoms with van der Waals surface area (Å²) in [5.41, 5.74) is 0.936. The van der Waals surface area contributed by atoms with Crippen LogP contribution in [0.1, 0.15) is 98.0 Å². The molecule has 0 aliphatic rings. The number of para-hydroxylation sites is 1. The molecule has 0 radical (unpaired) electrons. The summed E-state index contributed by atoms with van der Waals surface area (Å²) in [6, 6.07) is 5.53. The molecule has 0 aliphatic heterocycles. The van der Waals surface area contributed by atoms with Crippen LogP contribution >= 0.6 is 0 Å². The average molecular weight is 405 g/mol. The number of hydrogen-bond acceptors (Lipinski definition) is 4. The van der Waals surface area contributed by atoms with E-state index in [4.69, 9.17) is 9.47 Å². The lowest BCUT2D eigenvalue weighted by Crippen LogP contribution is -2.12. The SMILES string of the molecule is CCCCC(CCCc1cccc(OC(=O)CC)c1OC(=O)CC)CCC(C)C. The standard InChI is InChI=1S/C25H40O4/c1-6-9-12-20(18-17-19(4)5)13-10-14-21-15-11-16-22(28-23(26)7-2)25(21)29-24(27)8-3/h11,15-16,19-20H,6-10,12-14,17-18H2,1-5H3. The molecule has 0 bridgehead atoms. The third-order valence-electron chi connectivity index (χ3n) is 5.25. The van der Waals surface area contributed by atoms with Crippen LogP contribution in [0.5, 0.6) is 11.5 Å². The number of ether oxygens (including phenoxy) is 2. The molecule has 1 aromatic carbocycles. The molecule has 1 unspecified atom stereocenters. The van der Waals surface area contributed by atoms with E-state index >= 15 is 0 Å². The van der Waals surface area contributed by atoms with Crippen molar-refractivity contribution in [2.24, 2.45) is 11.8 Å². The van der Waals surface area contributed by atoms with Gasteiger partial charge in [0, 0.05) is 12.8 Å². The van der Waals surface area contributed by atoms with Gasteiger partial charge >= 0.3 is 11.9 Å². The Labute approximate surface area is 177 Å². The minimum atomic E-state index is -0.329. The van der Waals surface area contributed by atoms with Gasteiger partial charge in [-0.15, -0.1) is 0 Å². The second kappa shape index (κ2) is 14.2. The maximum atomic E-state index is 11.9. The van der Waals surface area contributed by atoms with Gasteiger partial charge in [-0.1, -0.05) is 85.3 Å². The first-order valence-electron chi connectivity index (χ1n) is 11.4. The van der Waals surface area contributed by atoms with E-state index < -0.39 is 0 Å². The number of carbonyl (C=O) groups is 2. The zero-order valence-electron chi connectivity index (χ0n) is 19.1. The first-order valence-corrected chi connectivity index (χ1v) is 11.4. The van der Waals surface area contributed by atoms with Gasteiger partial charge in [-0.2, -0.15) is 0 Å². The van der Waals surface area contributed by atoms with Crippen molar-refractivity contribution in [2.45, 2.75) is 98.8 Å². The third kappa shape index (κ3) is 9.96. The normalized spacial score (nSPS) is 12.1. The highest BCUT2D eigenvalue weighted by Gasteiger charge is 2.17. The second-order valence-corrected chi connectivity index (χ2v) is 8.27. The summed E-state index contributed by atoms with van der Waals surface area (Å²) in [5.74, 6) is 1.60. The molecular weight excluding hydrogens is 364 g/mol. The van der Waals surface area contributed by atoms with E-state index in [1.807, 2.05) is 12.1 Å². The van der Waals surface area contributed by atoms with Gasteiger partial charge in [0.2, 0.25) is 0 Å². The van der Waals surface area contributed by atoms with Crippen molar-refractivity contribution in [1.29, 1.82) is 0 Å². The first-order chi connectivity index (χ1) is 13.9. The number of esters is 2. The van der Waals surface area contributed by atoms with Crippen LogP contribution in [0.2, 0.25) is 0 Å². The van der Waals surface area contributed by atoms with Crippen molar-refractivity contribution >= 4 is 11.9 Å². The second-order valence-electron chi connectivity index (χ2n) is 8.27. The Bertz CT molecular complexity index is 621. The Kier molecular flexibility index (Phi) is 12.3. The molecule has 0 saturated carbocycles. The van der Waals surface area contributed by atoms with Gasteiger partial charge < -0.3 is 9.47 Å². The number of unbranched alkanes of at least 4 members (excludes halogenated alkanes) is 1. The first kappa shape index (κ1) is 25.2. The highest BCUT2D eigenvalue weighted by Crippen LogP contribution is 2.34. The van der Waals surface area contributed by atoms with E-state index in [2.05, 4.69) is 20.8 Å². The molecule has 1 atom stereocenters. The lowest BCUT2D eigenvalue weighted by Gasteiger charge is -2.19. The number of rotatable bonds is 14. The zero-order valence-corrected chi connectivity index (χ0v) is 19.1. The van der Waals surface area contributed by atoms with Crippen LogP contribution in [0.4, 0.5) is 0 Å². The molecule has 29 heavy (non-hydrogen) atoms. The van der Waals surface area contributed by atoms with Crippen molar-refractivity contribution in [2.75, 3.05) is 0 Å². The molecule has 0 amide bonds. The molecule has 4 nitrogen and oxygen atoms in total. The number of benzene rings is 1. The molecular formula is C25H40O4. The summed E-state index contributed by atoms with van der Waals surface area (Å²) in [7, 11) is 0. The van der Waals surface area contributed by atoms with Crippen LogP contribution in [-0.2, 0) is 16.0 Å². The topological polar surface area (TPSA) is 52.6 Å². The van der Waals surface area contributed by atoms with Crippen LogP contribution in [0.15, 0.2) is 18.2 Å². The van der Waals surface area contributed by atoms with Gasteiger partial charge in [0.15, 0.2) is 11.5 Å². The predicted octanol–water partition coefficient (Wildman–Crippen LogP) is 6.88. The summed E-state index contributed by atoms with van der Waals surface area (Å²) in [6.07, 6.45) is 9.94. The van der Waals surface area contributed by atoms with Crippen molar-refractivity contribution in [3.05, 3.63) is 23.8 Å². The van der Waals surface area contributed by atoms with Gasteiger partial charge in [0.05, 0.1) is 0 Å². The maximum absolute atomic E-state index is 11.9. The molecule has 0 aromatic heterocycles. The number of hydrogen-bond donors (Lipinski definition) is 0. The summed E-state index contributed by atoms with van der Waals surface area (Å²) >= 11 is 0. The number of aryl methyl sites for hydroxylation is 1. The molecule has 0 fully saturated rings. The Morgan fingerprint density at radius 2 is 1.52 bits per heavy atom. The van der Waals surface area contributed by atoms with Crippen LogP contribution in [0.3, 0.4) is 0 Å². The molecule has 4 heteroatoms. The fourth-order valence-electron chi connectivity index (χ4n) is 3.41. The summed E-state index contributed by atoms with van der Waals surface area (Å²) < 4.78 is 11.0. The maximum Gasteiger partial charge on any atom is 0.311 e. The predicted molar refractivity (Wildman–Crippen MR) is 118 cm³/mol. The quantitative estimate of drug-likeness (QED) is 0.250. The minimum absolute atomic E-state index is 0.278. The van der Waals surface area contributed by atoms with Crippen molar-refractivity contribution < 1.29 is 19.1 Å². The monoisotopic (exact) mass is 404 g/mol. The Balaban J connectivity index is 2.85. The summed E-state index contributed by atoms with van der Waals surface area (Å²) in [6.45, 7) is 10.3. The fraction of sp³-hybridized carbons (Fsp3) is 0.680. The molecule has 0 N–H and O–H groups in total. The molecule has 1 aromatic rings. The molecule has 0 saturated heterocycles. The molecule has 1 rings (SSSR count). The summed E-state index contributed by atoms with van der Waals surface area (Å²) in [4.78, 5) is 23.7. The Morgan fingerprint density at radius 1 is 0.862 bits per heavy atom. The van der Waals surface area contributed by atoms with E-state index in [9.17, 15) is 9.59 Å². The average Bonchev–Trinajstić information content (AvgIpc) is 2.71. The van der Waals surface area contributed by atoms with Gasteiger partial charge in [0.25, 0.3) is 0 Å². The highest BCUT2D eigenvalue weighted by atomic mass is 16.6. The van der Waals surface area contributed by atoms with Crippen LogP contribution in [0.25, 0.3) is 0 Å². The smallest absolute Gasteiger partial charge is 0.311 e. The zero-order chi connectivity index (χ0) is 21.6. The van der Waals surface area contributed by atoms with Crippen molar-refractivity contribution in [3.63, 3.8) is 0 Å². The number of carbonyl (C=O) groups excluding carboxylic acids is 2. The molecule has 0 spiro atoms. The van der Waals surface area contributed by atoms with Crippen LogP contribution < -0.4 is 9.47 Å². The molecule has 0 aliphatic carbocycles. The van der Waals surface area contributed by atoms with Gasteiger partial charge in [-0.25, -0.2) is 0 Å². The molecule has 164 valence electrons. The van der Waals surface area contributed by atoms with Crippen molar-refractivity contribution in [1.82, 2.24) is 0 Å². The Morgan fingerprint density at radius 3 is 2.14 bits per heavy atom. The van der Waals surface area contributed by atoms with E-state index in [0.29, 0.717) is 11.5 Å². The van der Waals surface area contributed by atoms with Crippen molar-refractivity contribution in [3.8, 4) is 11.5 Å². The lowest BCUT2D eigenvalue weighted by atomic mass is 9.88. The largest absolute Gasteiger partial charge is 0.423 e. The summed E-state index contributed by atoms with van der Waals surface area (Å²) in [5, 5.41) is 0. The highest BCUT2D eigenvalue weighted by molar-refractivity contribution is 5.76. The van der Waals surface area contributed by atoms with Crippen LogP contribution in [-0.4, -0.2) is 11.9 Å². The lowest BCUT2D eigenvalue weighted by molar-refractivity contribution is -0.136. The van der Waals surface area contributed by atoms with Crippen LogP contribution in [0, 0.1) is 11.8 Å². The minimum Gasteiger partial charge on any atom is -0.423 e. The third-order valence-corrected chi connectivity index (χ3v) is 5.25. The van der Waals surface area contributed by atoms with E-state index in [-0.39, 0.29) is 24.8 Å².